The molecule has 4 heterocycles. The van der Waals surface area contributed by atoms with Crippen molar-refractivity contribution < 1.29 is 14.3 Å². The van der Waals surface area contributed by atoms with Gasteiger partial charge in [0.1, 0.15) is 18.9 Å². The number of ether oxygens (including phenoxy) is 2. The second-order valence-electron chi connectivity index (χ2n) is 7.14. The summed E-state index contributed by atoms with van der Waals surface area (Å²) >= 11 is 6.27. The smallest absolute Gasteiger partial charge is 0.247 e. The van der Waals surface area contributed by atoms with Crippen molar-refractivity contribution in [1.29, 1.82) is 0 Å². The number of imidazole rings is 1. The molecule has 0 radical (unpaired) electrons. The third-order valence-corrected chi connectivity index (χ3v) is 5.67. The lowest BCUT2D eigenvalue weighted by Crippen LogP contribution is -2.29. The first-order valence-corrected chi connectivity index (χ1v) is 10.1. The Hall–Kier alpha value is -2.99. The second-order valence-corrected chi connectivity index (χ2v) is 7.50. The first-order valence-electron chi connectivity index (χ1n) is 9.71. The normalized spacial score (nSPS) is 18.7. The molecule has 29 heavy (non-hydrogen) atoms. The molecule has 1 aromatic carbocycles. The van der Waals surface area contributed by atoms with Crippen LogP contribution in [-0.4, -0.2) is 40.0 Å². The van der Waals surface area contributed by atoms with Crippen molar-refractivity contribution in [3.05, 3.63) is 65.1 Å². The Morgan fingerprint density at radius 3 is 2.93 bits per heavy atom. The van der Waals surface area contributed by atoms with Crippen molar-refractivity contribution >= 4 is 29.2 Å². The van der Waals surface area contributed by atoms with Gasteiger partial charge < -0.3 is 14.4 Å². The molecule has 3 aromatic rings. The molecule has 2 aliphatic rings. The van der Waals surface area contributed by atoms with Crippen LogP contribution in [0.25, 0.3) is 11.7 Å². The van der Waals surface area contributed by atoms with E-state index in [-0.39, 0.29) is 11.9 Å². The maximum absolute atomic E-state index is 13.0. The number of aromatic nitrogens is 2. The molecule has 0 bridgehead atoms. The SMILES string of the molecule is O=C(/C=C/c1c(Cl)nc2ccccn12)N1CCC[C@@H]1c1ccc2c(c1)OCCO2. The highest BCUT2D eigenvalue weighted by molar-refractivity contribution is 6.31. The predicted octanol–water partition coefficient (Wildman–Crippen LogP) is 4.14. The van der Waals surface area contributed by atoms with Crippen LogP contribution in [0.15, 0.2) is 48.7 Å². The lowest BCUT2D eigenvalue weighted by molar-refractivity contribution is -0.126. The number of hydrogen-bond acceptors (Lipinski definition) is 4. The van der Waals surface area contributed by atoms with Crippen LogP contribution >= 0.6 is 11.6 Å². The van der Waals surface area contributed by atoms with Crippen molar-refractivity contribution in [1.82, 2.24) is 14.3 Å². The molecule has 5 rings (SSSR count). The third-order valence-electron chi connectivity index (χ3n) is 5.39. The number of nitrogens with zero attached hydrogens (tertiary/aromatic N) is 3. The molecule has 1 saturated heterocycles. The molecule has 6 nitrogen and oxygen atoms in total. The number of carbonyl (C=O) groups is 1. The first kappa shape index (κ1) is 18.1. The largest absolute Gasteiger partial charge is 0.486 e. The van der Waals surface area contributed by atoms with Gasteiger partial charge in [-0.1, -0.05) is 23.7 Å². The fraction of sp³-hybridized carbons (Fsp3) is 0.273. The summed E-state index contributed by atoms with van der Waals surface area (Å²) in [5, 5.41) is 0.380. The van der Waals surface area contributed by atoms with Crippen molar-refractivity contribution in [2.75, 3.05) is 19.8 Å². The molecule has 0 saturated carbocycles. The second kappa shape index (κ2) is 7.44. The number of fused-ring (bicyclic) bond motifs is 2. The molecule has 1 atom stereocenters. The maximum atomic E-state index is 13.0. The zero-order valence-corrected chi connectivity index (χ0v) is 16.5. The highest BCUT2D eigenvalue weighted by Gasteiger charge is 2.30. The van der Waals surface area contributed by atoms with Crippen molar-refractivity contribution in [2.24, 2.45) is 0 Å². The van der Waals surface area contributed by atoms with Crippen molar-refractivity contribution in [3.8, 4) is 11.5 Å². The summed E-state index contributed by atoms with van der Waals surface area (Å²) in [6.45, 7) is 1.84. The fourth-order valence-electron chi connectivity index (χ4n) is 4.03. The van der Waals surface area contributed by atoms with Gasteiger partial charge in [-0.3, -0.25) is 9.20 Å². The number of carbonyl (C=O) groups excluding carboxylic acids is 1. The summed E-state index contributed by atoms with van der Waals surface area (Å²) < 4.78 is 13.2. The Labute approximate surface area is 173 Å². The summed E-state index contributed by atoms with van der Waals surface area (Å²) in [5.74, 6) is 1.48. The number of hydrogen-bond donors (Lipinski definition) is 0. The number of benzene rings is 1. The van der Waals surface area contributed by atoms with Gasteiger partial charge in [0.25, 0.3) is 0 Å². The van der Waals surface area contributed by atoms with E-state index in [1.165, 1.54) is 0 Å². The Bertz CT molecular complexity index is 1110. The van der Waals surface area contributed by atoms with Crippen molar-refractivity contribution in [2.45, 2.75) is 18.9 Å². The molecule has 1 amide bonds. The van der Waals surface area contributed by atoms with Gasteiger partial charge >= 0.3 is 0 Å². The zero-order chi connectivity index (χ0) is 19.8. The molecular weight excluding hydrogens is 390 g/mol. The Balaban J connectivity index is 1.39. The van der Waals surface area contributed by atoms with Gasteiger partial charge in [-0.25, -0.2) is 4.98 Å². The standard InChI is InChI=1S/C22H20ClN3O3/c23-22-17(25-10-2-1-5-20(25)24-22)7-9-21(27)26-11-3-4-16(26)15-6-8-18-19(14-15)29-13-12-28-18/h1-2,5-10,14,16H,3-4,11-13H2/b9-7+/t16-/m1/s1. The van der Waals surface area contributed by atoms with E-state index < -0.39 is 0 Å². The minimum Gasteiger partial charge on any atom is -0.486 e. The van der Waals surface area contributed by atoms with Gasteiger partial charge in [0, 0.05) is 18.8 Å². The van der Waals surface area contributed by atoms with Gasteiger partial charge in [0.05, 0.1) is 11.7 Å². The third kappa shape index (κ3) is 3.34. The highest BCUT2D eigenvalue weighted by Crippen LogP contribution is 2.38. The fourth-order valence-corrected chi connectivity index (χ4v) is 4.27. The zero-order valence-electron chi connectivity index (χ0n) is 15.8. The van der Waals surface area contributed by atoms with E-state index in [1.54, 1.807) is 12.2 Å². The molecule has 2 aliphatic heterocycles. The number of likely N-dealkylation sites (tertiary alicyclic amines) is 1. The summed E-state index contributed by atoms with van der Waals surface area (Å²) in [7, 11) is 0. The first-order chi connectivity index (χ1) is 14.2. The minimum absolute atomic E-state index is 0.0284. The van der Waals surface area contributed by atoms with E-state index >= 15 is 0 Å². The lowest BCUT2D eigenvalue weighted by Gasteiger charge is -2.26. The van der Waals surface area contributed by atoms with Crippen molar-refractivity contribution in [3.63, 3.8) is 0 Å². The summed E-state index contributed by atoms with van der Waals surface area (Å²) in [4.78, 5) is 19.2. The Kier molecular flexibility index (Phi) is 4.64. The molecule has 0 unspecified atom stereocenters. The van der Waals surface area contributed by atoms with Gasteiger partial charge in [0.15, 0.2) is 16.7 Å². The number of pyridine rings is 1. The number of halogens is 1. The Morgan fingerprint density at radius 1 is 1.17 bits per heavy atom. The molecule has 0 aliphatic carbocycles. The summed E-state index contributed by atoms with van der Waals surface area (Å²) in [6.07, 6.45) is 7.10. The van der Waals surface area contributed by atoms with E-state index in [4.69, 9.17) is 21.1 Å². The van der Waals surface area contributed by atoms with Gasteiger partial charge in [-0.15, -0.1) is 0 Å². The number of amides is 1. The minimum atomic E-state index is -0.0377. The van der Waals surface area contributed by atoms with E-state index in [1.807, 2.05) is 51.9 Å². The molecule has 2 aromatic heterocycles. The molecule has 148 valence electrons. The van der Waals surface area contributed by atoms with Gasteiger partial charge in [0.2, 0.25) is 5.91 Å². The average Bonchev–Trinajstić information content (AvgIpc) is 3.36. The number of rotatable bonds is 3. The molecule has 0 N–H and O–H groups in total. The van der Waals surface area contributed by atoms with Crippen LogP contribution in [0.1, 0.15) is 30.1 Å². The molecular formula is C22H20ClN3O3. The van der Waals surface area contributed by atoms with E-state index in [0.29, 0.717) is 24.1 Å². The highest BCUT2D eigenvalue weighted by atomic mass is 35.5. The van der Waals surface area contributed by atoms with Crippen LogP contribution in [0.4, 0.5) is 0 Å². The molecule has 1 fully saturated rings. The van der Waals surface area contributed by atoms with E-state index in [0.717, 1.165) is 42.1 Å². The van der Waals surface area contributed by atoms with E-state index in [2.05, 4.69) is 4.98 Å². The molecule has 0 spiro atoms. The quantitative estimate of drug-likeness (QED) is 0.610. The topological polar surface area (TPSA) is 56.1 Å². The van der Waals surface area contributed by atoms with Gasteiger partial charge in [-0.2, -0.15) is 0 Å². The van der Waals surface area contributed by atoms with Crippen LogP contribution in [0.2, 0.25) is 5.15 Å². The lowest BCUT2D eigenvalue weighted by atomic mass is 10.0. The Morgan fingerprint density at radius 2 is 2.03 bits per heavy atom. The van der Waals surface area contributed by atoms with Crippen LogP contribution in [0.5, 0.6) is 11.5 Å². The summed E-state index contributed by atoms with van der Waals surface area (Å²) in [5.41, 5.74) is 2.52. The van der Waals surface area contributed by atoms with Crippen LogP contribution in [0, 0.1) is 0 Å². The average molecular weight is 410 g/mol. The van der Waals surface area contributed by atoms with E-state index in [9.17, 15) is 4.79 Å². The van der Waals surface area contributed by atoms with Gasteiger partial charge in [-0.05, 0) is 48.7 Å². The van der Waals surface area contributed by atoms with Crippen LogP contribution in [-0.2, 0) is 4.79 Å². The van der Waals surface area contributed by atoms with Crippen LogP contribution < -0.4 is 9.47 Å². The molecule has 7 heteroatoms. The van der Waals surface area contributed by atoms with Crippen LogP contribution in [0.3, 0.4) is 0 Å². The maximum Gasteiger partial charge on any atom is 0.247 e. The predicted molar refractivity (Wildman–Crippen MR) is 110 cm³/mol. The summed E-state index contributed by atoms with van der Waals surface area (Å²) in [6, 6.07) is 11.7. The monoisotopic (exact) mass is 409 g/mol.